The summed E-state index contributed by atoms with van der Waals surface area (Å²) in [5.41, 5.74) is 6.15. The molecule has 0 radical (unpaired) electrons. The van der Waals surface area contributed by atoms with E-state index < -0.39 is 0 Å². The van der Waals surface area contributed by atoms with Crippen molar-refractivity contribution in [1.29, 1.82) is 0 Å². The molecule has 3 aliphatic heterocycles. The second-order valence-corrected chi connectivity index (χ2v) is 14.7. The zero-order valence-corrected chi connectivity index (χ0v) is 27.0. The Morgan fingerprint density at radius 3 is 2.33 bits per heavy atom. The van der Waals surface area contributed by atoms with Crippen molar-refractivity contribution in [3.8, 4) is 5.75 Å². The summed E-state index contributed by atoms with van der Waals surface area (Å²) in [5, 5.41) is 1.18. The van der Waals surface area contributed by atoms with Crippen LogP contribution < -0.4 is 4.74 Å². The maximum absolute atomic E-state index is 6.79. The van der Waals surface area contributed by atoms with E-state index in [1.54, 1.807) is 0 Å². The molecule has 5 atom stereocenters. The monoisotopic (exact) mass is 567 g/mol. The van der Waals surface area contributed by atoms with E-state index in [0.29, 0.717) is 24.5 Å². The predicted octanol–water partition coefficient (Wildman–Crippen LogP) is 8.69. The topological polar surface area (TPSA) is 31.4 Å². The summed E-state index contributed by atoms with van der Waals surface area (Å²) in [4.78, 5) is 4.68. The summed E-state index contributed by atoms with van der Waals surface area (Å²) in [6.07, 6.45) is 8.37. The number of piperidine rings is 3. The maximum atomic E-state index is 6.79. The predicted molar refractivity (Wildman–Crippen MR) is 175 cm³/mol. The van der Waals surface area contributed by atoms with Gasteiger partial charge in [0.05, 0.1) is 32.3 Å². The van der Waals surface area contributed by atoms with Gasteiger partial charge >= 0.3 is 0 Å². The molecule has 0 unspecified atom stereocenters. The van der Waals surface area contributed by atoms with E-state index in [2.05, 4.69) is 108 Å². The van der Waals surface area contributed by atoms with E-state index >= 15 is 0 Å². The third-order valence-corrected chi connectivity index (χ3v) is 9.87. The van der Waals surface area contributed by atoms with Crippen LogP contribution in [0.4, 0.5) is 0 Å². The highest BCUT2D eigenvalue weighted by Crippen LogP contribution is 2.50. The molecule has 6 rings (SSSR count). The van der Waals surface area contributed by atoms with Crippen LogP contribution in [0.5, 0.6) is 5.75 Å². The van der Waals surface area contributed by atoms with Crippen LogP contribution in [0, 0.1) is 11.8 Å². The number of hydrogen-bond acceptors (Lipinski definition) is 3. The van der Waals surface area contributed by atoms with Crippen molar-refractivity contribution in [1.82, 2.24) is 4.98 Å². The zero-order chi connectivity index (χ0) is 30.3. The molecule has 224 valence electrons. The molecular formula is C38H51N2O2+. The van der Waals surface area contributed by atoms with Crippen molar-refractivity contribution in [3.63, 3.8) is 0 Å². The van der Waals surface area contributed by atoms with Crippen molar-refractivity contribution in [3.05, 3.63) is 96.2 Å². The minimum Gasteiger partial charge on any atom is -0.496 e. The van der Waals surface area contributed by atoms with Crippen LogP contribution in [-0.2, 0) is 22.1 Å². The van der Waals surface area contributed by atoms with Crippen LogP contribution in [0.15, 0.2) is 74.0 Å². The summed E-state index contributed by atoms with van der Waals surface area (Å²) >= 11 is 0. The molecule has 0 N–H and O–H groups in total. The molecule has 3 fully saturated rings. The molecule has 2 bridgehead atoms. The Morgan fingerprint density at radius 2 is 1.71 bits per heavy atom. The standard InChI is InChI=1S/C38H51N2O2/c1-10-20-42-35(30-16-18-39-33-15-13-12-14-29(30)33)34-23-28-17-19-40(34,25-27(28)11-2)24-26-21-31(37(3,4)5)36(41-9)32(22-26)38(6,7)8/h10-16,18,21-22,27-28,34-35H,1-2,17,19-20,23-25H2,3-9H3/q+1/t27-,28-,34-,35+,40+/m0/s1. The molecule has 2 aromatic carbocycles. The lowest BCUT2D eigenvalue weighted by atomic mass is 9.70. The maximum Gasteiger partial charge on any atom is 0.135 e. The van der Waals surface area contributed by atoms with Crippen molar-refractivity contribution in [2.24, 2.45) is 11.8 Å². The third kappa shape index (κ3) is 5.68. The molecule has 0 aliphatic carbocycles. The summed E-state index contributed by atoms with van der Waals surface area (Å²) in [6.45, 7) is 25.8. The van der Waals surface area contributed by atoms with Gasteiger partial charge in [-0.15, -0.1) is 13.2 Å². The largest absolute Gasteiger partial charge is 0.496 e. The Hall–Kier alpha value is -2.95. The smallest absolute Gasteiger partial charge is 0.135 e. The number of hydrogen-bond donors (Lipinski definition) is 0. The van der Waals surface area contributed by atoms with Gasteiger partial charge in [-0.05, 0) is 46.6 Å². The van der Waals surface area contributed by atoms with Gasteiger partial charge < -0.3 is 14.0 Å². The van der Waals surface area contributed by atoms with Gasteiger partial charge in [0.2, 0.25) is 0 Å². The molecule has 4 heteroatoms. The van der Waals surface area contributed by atoms with E-state index in [0.717, 1.165) is 41.8 Å². The molecule has 0 amide bonds. The second-order valence-electron chi connectivity index (χ2n) is 14.7. The number of para-hydroxylation sites is 1. The van der Waals surface area contributed by atoms with E-state index in [-0.39, 0.29) is 16.9 Å². The fourth-order valence-electron chi connectivity index (χ4n) is 7.79. The average Bonchev–Trinajstić information content (AvgIpc) is 2.96. The number of pyridine rings is 1. The average molecular weight is 568 g/mol. The zero-order valence-electron chi connectivity index (χ0n) is 27.0. The van der Waals surface area contributed by atoms with Gasteiger partial charge in [-0.2, -0.15) is 0 Å². The first kappa shape index (κ1) is 30.5. The fourth-order valence-corrected chi connectivity index (χ4v) is 7.79. The van der Waals surface area contributed by atoms with Gasteiger partial charge in [0.25, 0.3) is 0 Å². The molecule has 3 aromatic rings. The minimum atomic E-state index is -0.0492. The van der Waals surface area contributed by atoms with Crippen LogP contribution in [0.25, 0.3) is 10.9 Å². The molecule has 3 saturated heterocycles. The first-order valence-electron chi connectivity index (χ1n) is 15.7. The summed E-state index contributed by atoms with van der Waals surface area (Å²) in [5.74, 6) is 2.19. The quantitative estimate of drug-likeness (QED) is 0.191. The first-order chi connectivity index (χ1) is 19.9. The van der Waals surface area contributed by atoms with E-state index in [9.17, 15) is 0 Å². The third-order valence-electron chi connectivity index (χ3n) is 9.87. The Balaban J connectivity index is 1.66. The molecule has 3 aliphatic rings. The van der Waals surface area contributed by atoms with Crippen LogP contribution in [-0.4, -0.2) is 42.3 Å². The SMILES string of the molecule is C=CCO[C@H](c1ccnc2ccccc12)[C@@H]1C[C@@H]2CC[N@@+]1(Cc1cc(C(C)(C)C)c(OC)c(C(C)(C)C)c1)C[C@@H]2C=C. The number of quaternary nitrogens is 1. The van der Waals surface area contributed by atoms with Gasteiger partial charge in [0.15, 0.2) is 0 Å². The number of rotatable bonds is 9. The van der Waals surface area contributed by atoms with Crippen LogP contribution in [0.2, 0.25) is 0 Å². The van der Waals surface area contributed by atoms with Gasteiger partial charge in [-0.1, -0.05) is 71.9 Å². The minimum absolute atomic E-state index is 0.0368. The molecule has 4 heterocycles. The van der Waals surface area contributed by atoms with Crippen molar-refractivity contribution < 1.29 is 14.0 Å². The van der Waals surface area contributed by atoms with E-state index in [1.807, 2.05) is 19.4 Å². The highest BCUT2D eigenvalue weighted by Gasteiger charge is 2.54. The van der Waals surface area contributed by atoms with Gasteiger partial charge in [0, 0.05) is 47.0 Å². The molecular weight excluding hydrogens is 516 g/mol. The normalized spacial score (nSPS) is 24.9. The summed E-state index contributed by atoms with van der Waals surface area (Å²) in [7, 11) is 1.82. The highest BCUT2D eigenvalue weighted by molar-refractivity contribution is 5.82. The van der Waals surface area contributed by atoms with Crippen LogP contribution in [0.1, 0.15) is 82.7 Å². The molecule has 42 heavy (non-hydrogen) atoms. The Bertz CT molecular complexity index is 1410. The first-order valence-corrected chi connectivity index (χ1v) is 15.7. The lowest BCUT2D eigenvalue weighted by Gasteiger charge is -2.58. The summed E-state index contributed by atoms with van der Waals surface area (Å²) < 4.78 is 13.9. The molecule has 4 nitrogen and oxygen atoms in total. The lowest BCUT2D eigenvalue weighted by molar-refractivity contribution is -0.985. The Morgan fingerprint density at radius 1 is 1.02 bits per heavy atom. The number of nitrogens with zero attached hydrogens (tertiary/aromatic N) is 2. The van der Waals surface area contributed by atoms with Crippen LogP contribution >= 0.6 is 0 Å². The van der Waals surface area contributed by atoms with Crippen molar-refractivity contribution in [2.45, 2.75) is 83.9 Å². The number of ether oxygens (including phenoxy) is 2. The van der Waals surface area contributed by atoms with Gasteiger partial charge in [-0.25, -0.2) is 0 Å². The molecule has 0 saturated carbocycles. The Kier molecular flexibility index (Phi) is 8.44. The highest BCUT2D eigenvalue weighted by atomic mass is 16.5. The molecule has 1 aromatic heterocycles. The number of methoxy groups -OCH3 is 1. The second kappa shape index (κ2) is 11.6. The van der Waals surface area contributed by atoms with Gasteiger partial charge in [-0.3, -0.25) is 4.98 Å². The van der Waals surface area contributed by atoms with E-state index in [4.69, 9.17) is 9.47 Å². The van der Waals surface area contributed by atoms with Crippen molar-refractivity contribution >= 4 is 10.9 Å². The van der Waals surface area contributed by atoms with E-state index in [1.165, 1.54) is 34.1 Å². The fraction of sp³-hybridized carbons (Fsp3) is 0.500. The van der Waals surface area contributed by atoms with Gasteiger partial charge in [0.1, 0.15) is 24.4 Å². The number of benzene rings is 2. The molecule has 0 spiro atoms. The van der Waals surface area contributed by atoms with Crippen LogP contribution in [0.3, 0.4) is 0 Å². The number of fused-ring (bicyclic) bond motifs is 4. The van der Waals surface area contributed by atoms with Crippen molar-refractivity contribution in [2.75, 3.05) is 26.8 Å². The lowest BCUT2D eigenvalue weighted by Crippen LogP contribution is -2.67. The Labute approximate surface area is 254 Å². The number of aromatic nitrogens is 1. The summed E-state index contributed by atoms with van der Waals surface area (Å²) in [6, 6.07) is 15.9.